The molecule has 0 aliphatic carbocycles. The van der Waals surface area contributed by atoms with Gasteiger partial charge in [-0.3, -0.25) is 14.8 Å². The molecule has 24 heavy (non-hydrogen) atoms. The lowest BCUT2D eigenvalue weighted by molar-refractivity contribution is -0.133. The Hall–Kier alpha value is -1.40. The first kappa shape index (κ1) is 16.1. The zero-order chi connectivity index (χ0) is 16.7. The van der Waals surface area contributed by atoms with E-state index in [0.717, 1.165) is 55.1 Å². The number of nitrogens with one attached hydrogen (secondary N) is 1. The Morgan fingerprint density at radius 3 is 2.38 bits per heavy atom. The Morgan fingerprint density at radius 1 is 1.12 bits per heavy atom. The molecule has 1 amide bonds. The third-order valence-electron chi connectivity index (χ3n) is 6.37. The lowest BCUT2D eigenvalue weighted by Crippen LogP contribution is -2.61. The van der Waals surface area contributed by atoms with Gasteiger partial charge in [-0.15, -0.1) is 0 Å². The number of fused-ring (bicyclic) bond motifs is 3. The molecule has 1 N–H and O–H groups in total. The molecule has 2 bridgehead atoms. The number of carbonyl (C=O) groups excluding carboxylic acids is 1. The van der Waals surface area contributed by atoms with Gasteiger partial charge in [-0.05, 0) is 45.7 Å². The van der Waals surface area contributed by atoms with Crippen molar-refractivity contribution in [1.29, 1.82) is 0 Å². The topological polar surface area (TPSA) is 55.5 Å². The lowest BCUT2D eigenvalue weighted by atomic mass is 9.83. The van der Waals surface area contributed by atoms with E-state index in [1.807, 2.05) is 18.7 Å². The summed E-state index contributed by atoms with van der Waals surface area (Å²) in [6.45, 7) is 11.6. The van der Waals surface area contributed by atoms with Crippen LogP contribution in [-0.2, 0) is 11.2 Å². The molecule has 0 saturated carbocycles. The van der Waals surface area contributed by atoms with E-state index in [-0.39, 0.29) is 5.91 Å². The Labute approximate surface area is 144 Å². The van der Waals surface area contributed by atoms with Gasteiger partial charge in [0.25, 0.3) is 0 Å². The molecule has 0 radical (unpaired) electrons. The summed E-state index contributed by atoms with van der Waals surface area (Å²) in [5, 5.41) is 7.18. The van der Waals surface area contributed by atoms with Gasteiger partial charge < -0.3 is 9.80 Å². The molecule has 4 aliphatic rings. The number of hydrogen-bond donors (Lipinski definition) is 1. The predicted molar refractivity (Wildman–Crippen MR) is 92.9 cm³/mol. The first-order valence-electron chi connectivity index (χ1n) is 9.36. The number of amides is 1. The number of hydrogen-bond acceptors (Lipinski definition) is 4. The number of rotatable bonds is 3. The minimum atomic E-state index is 0.246. The summed E-state index contributed by atoms with van der Waals surface area (Å²) in [5.74, 6) is 1.13. The van der Waals surface area contributed by atoms with Crippen LogP contribution >= 0.6 is 0 Å². The van der Waals surface area contributed by atoms with E-state index in [9.17, 15) is 4.79 Å². The first-order chi connectivity index (χ1) is 11.6. The van der Waals surface area contributed by atoms with Gasteiger partial charge in [0.1, 0.15) is 0 Å². The van der Waals surface area contributed by atoms with Gasteiger partial charge >= 0.3 is 0 Å². The summed E-state index contributed by atoms with van der Waals surface area (Å²) in [7, 11) is 0. The van der Waals surface area contributed by atoms with Crippen molar-refractivity contribution in [2.75, 3.05) is 45.8 Å². The molecule has 4 saturated heterocycles. The minimum Gasteiger partial charge on any atom is -0.340 e. The molecular weight excluding hydrogens is 302 g/mol. The molecule has 4 aliphatic heterocycles. The summed E-state index contributed by atoms with van der Waals surface area (Å²) >= 11 is 0. The van der Waals surface area contributed by atoms with E-state index in [1.54, 1.807) is 0 Å². The van der Waals surface area contributed by atoms with E-state index in [1.165, 1.54) is 32.5 Å². The maximum atomic E-state index is 12.6. The van der Waals surface area contributed by atoms with Crippen molar-refractivity contribution in [3.63, 3.8) is 0 Å². The van der Waals surface area contributed by atoms with Crippen LogP contribution in [-0.4, -0.2) is 82.7 Å². The highest BCUT2D eigenvalue weighted by atomic mass is 16.2. The Balaban J connectivity index is 1.32. The molecule has 0 spiro atoms. The quantitative estimate of drug-likeness (QED) is 0.890. The van der Waals surface area contributed by atoms with Crippen molar-refractivity contribution >= 4 is 5.91 Å². The molecule has 1 aromatic heterocycles. The number of piperazine rings is 1. The van der Waals surface area contributed by atoms with Crippen molar-refractivity contribution < 1.29 is 4.79 Å². The van der Waals surface area contributed by atoms with Crippen LogP contribution in [0.4, 0.5) is 0 Å². The van der Waals surface area contributed by atoms with Crippen molar-refractivity contribution in [2.24, 2.45) is 5.92 Å². The molecule has 6 heteroatoms. The maximum Gasteiger partial charge on any atom is 0.227 e. The number of nitrogens with zero attached hydrogens (tertiary/aromatic N) is 4. The van der Waals surface area contributed by atoms with Gasteiger partial charge in [0.05, 0.1) is 12.1 Å². The molecule has 5 rings (SSSR count). The maximum absolute atomic E-state index is 12.6. The lowest BCUT2D eigenvalue weighted by Gasteiger charge is -2.51. The van der Waals surface area contributed by atoms with Crippen molar-refractivity contribution in [2.45, 2.75) is 39.2 Å². The monoisotopic (exact) mass is 331 g/mol. The van der Waals surface area contributed by atoms with Crippen molar-refractivity contribution in [1.82, 2.24) is 24.9 Å². The average Bonchev–Trinajstić information content (AvgIpc) is 2.95. The van der Waals surface area contributed by atoms with Crippen LogP contribution in [0.2, 0.25) is 0 Å². The van der Waals surface area contributed by atoms with Gasteiger partial charge in [0, 0.05) is 50.0 Å². The fourth-order valence-electron chi connectivity index (χ4n) is 4.75. The Morgan fingerprint density at radius 2 is 1.83 bits per heavy atom. The second-order valence-electron chi connectivity index (χ2n) is 7.71. The smallest absolute Gasteiger partial charge is 0.227 e. The van der Waals surface area contributed by atoms with Gasteiger partial charge in [-0.1, -0.05) is 0 Å². The van der Waals surface area contributed by atoms with E-state index in [4.69, 9.17) is 0 Å². The number of H-pyrrole nitrogens is 1. The summed E-state index contributed by atoms with van der Waals surface area (Å²) in [6, 6.07) is 0.725. The van der Waals surface area contributed by atoms with Gasteiger partial charge in [-0.25, -0.2) is 0 Å². The minimum absolute atomic E-state index is 0.246. The molecule has 4 fully saturated rings. The number of carbonyl (C=O) groups is 1. The van der Waals surface area contributed by atoms with Crippen LogP contribution in [0.1, 0.15) is 29.8 Å². The Kier molecular flexibility index (Phi) is 4.35. The average molecular weight is 331 g/mol. The summed E-state index contributed by atoms with van der Waals surface area (Å²) in [5.41, 5.74) is 3.04. The molecular formula is C18H29N5O. The molecule has 132 valence electrons. The van der Waals surface area contributed by atoms with Gasteiger partial charge in [0.2, 0.25) is 5.91 Å². The van der Waals surface area contributed by atoms with Crippen molar-refractivity contribution in [3.8, 4) is 0 Å². The normalized spacial score (nSPS) is 30.8. The van der Waals surface area contributed by atoms with E-state index >= 15 is 0 Å². The van der Waals surface area contributed by atoms with Crippen LogP contribution in [0.5, 0.6) is 0 Å². The van der Waals surface area contributed by atoms with E-state index < -0.39 is 0 Å². The van der Waals surface area contributed by atoms with Crippen LogP contribution in [0.15, 0.2) is 0 Å². The summed E-state index contributed by atoms with van der Waals surface area (Å²) in [6.07, 6.45) is 3.21. The highest BCUT2D eigenvalue weighted by Gasteiger charge is 2.38. The summed E-state index contributed by atoms with van der Waals surface area (Å²) < 4.78 is 0. The second-order valence-corrected chi connectivity index (χ2v) is 7.71. The fraction of sp³-hybridized carbons (Fsp3) is 0.778. The van der Waals surface area contributed by atoms with Crippen LogP contribution in [0.25, 0.3) is 0 Å². The largest absolute Gasteiger partial charge is 0.340 e. The molecule has 1 atom stereocenters. The molecule has 1 unspecified atom stereocenters. The number of piperidine rings is 3. The molecule has 6 nitrogen and oxygen atoms in total. The third-order valence-corrected chi connectivity index (χ3v) is 6.37. The van der Waals surface area contributed by atoms with E-state index in [0.29, 0.717) is 6.42 Å². The molecule has 0 aromatic carbocycles. The highest BCUT2D eigenvalue weighted by Crippen LogP contribution is 2.31. The summed E-state index contributed by atoms with van der Waals surface area (Å²) in [4.78, 5) is 19.9. The predicted octanol–water partition coefficient (Wildman–Crippen LogP) is 0.807. The fourth-order valence-corrected chi connectivity index (χ4v) is 4.75. The van der Waals surface area contributed by atoms with Gasteiger partial charge in [0.15, 0.2) is 0 Å². The second kappa shape index (κ2) is 6.48. The number of aromatic nitrogens is 2. The Bertz CT molecular complexity index is 577. The van der Waals surface area contributed by atoms with Crippen LogP contribution < -0.4 is 0 Å². The number of aromatic amines is 1. The van der Waals surface area contributed by atoms with Crippen LogP contribution in [0, 0.1) is 19.8 Å². The van der Waals surface area contributed by atoms with E-state index in [2.05, 4.69) is 20.0 Å². The zero-order valence-electron chi connectivity index (χ0n) is 14.9. The zero-order valence-corrected chi connectivity index (χ0v) is 14.9. The standard InChI is InChI=1S/C18H29N5O/c1-13-16(14(2)20-19-13)11-18(24)23-9-7-22(8-10-23)17-12-21-5-3-15(17)4-6-21/h15,17H,3-12H2,1-2H3,(H,19,20). The highest BCUT2D eigenvalue weighted by molar-refractivity contribution is 5.79. The molecule has 5 heterocycles. The SMILES string of the molecule is Cc1n[nH]c(C)c1CC(=O)N1CCN(C2CN3CCC2CC3)CC1. The van der Waals surface area contributed by atoms with Crippen molar-refractivity contribution in [3.05, 3.63) is 17.0 Å². The third kappa shape index (κ3) is 2.97. The van der Waals surface area contributed by atoms with Gasteiger partial charge in [-0.2, -0.15) is 5.10 Å². The van der Waals surface area contributed by atoms with Crippen LogP contribution in [0.3, 0.4) is 0 Å². The molecule has 1 aromatic rings. The number of aryl methyl sites for hydroxylation is 2. The first-order valence-corrected chi connectivity index (χ1v) is 9.36.